The lowest BCUT2D eigenvalue weighted by molar-refractivity contribution is 0.102. The molecule has 144 valence electrons. The number of benzene rings is 2. The minimum atomic E-state index is -0.241. The first-order valence-electron chi connectivity index (χ1n) is 8.42. The summed E-state index contributed by atoms with van der Waals surface area (Å²) in [5, 5.41) is 10.4. The standard InChI is InChI=1S/C21H20N4O2.ClH/c1-14-5-6-16(20(22)23)12-19(14)25-21(26)15-7-9-18(10-8-15)27-13-17-4-2-3-11-24-17;/h2-12H,13H2,1H3,(H3,22,23)(H,25,26);1H. The summed E-state index contributed by atoms with van der Waals surface area (Å²) in [6.45, 7) is 2.25. The molecule has 3 aromatic rings. The highest BCUT2D eigenvalue weighted by Gasteiger charge is 2.09. The van der Waals surface area contributed by atoms with Gasteiger partial charge < -0.3 is 15.8 Å². The number of hydrogen-bond acceptors (Lipinski definition) is 4. The molecule has 0 bridgehead atoms. The summed E-state index contributed by atoms with van der Waals surface area (Å²) in [6, 6.07) is 17.8. The van der Waals surface area contributed by atoms with Gasteiger partial charge in [-0.2, -0.15) is 0 Å². The first kappa shape index (κ1) is 20.9. The fourth-order valence-corrected chi connectivity index (χ4v) is 2.46. The molecule has 7 heteroatoms. The highest BCUT2D eigenvalue weighted by atomic mass is 35.5. The molecular formula is C21H21ClN4O2. The van der Waals surface area contributed by atoms with Gasteiger partial charge in [-0.05, 0) is 55.0 Å². The molecule has 28 heavy (non-hydrogen) atoms. The highest BCUT2D eigenvalue weighted by molar-refractivity contribution is 6.05. The Kier molecular flexibility index (Phi) is 7.12. The van der Waals surface area contributed by atoms with Crippen LogP contribution in [0.3, 0.4) is 0 Å². The molecule has 0 aliphatic carbocycles. The van der Waals surface area contributed by atoms with Gasteiger partial charge in [-0.15, -0.1) is 12.4 Å². The van der Waals surface area contributed by atoms with Crippen LogP contribution in [0.5, 0.6) is 5.75 Å². The van der Waals surface area contributed by atoms with Gasteiger partial charge in [0.2, 0.25) is 0 Å². The van der Waals surface area contributed by atoms with E-state index >= 15 is 0 Å². The van der Waals surface area contributed by atoms with E-state index in [4.69, 9.17) is 15.9 Å². The molecule has 0 spiro atoms. The number of aromatic nitrogens is 1. The van der Waals surface area contributed by atoms with Crippen molar-refractivity contribution in [1.29, 1.82) is 5.41 Å². The van der Waals surface area contributed by atoms with E-state index in [1.807, 2.05) is 31.2 Å². The average molecular weight is 397 g/mol. The van der Waals surface area contributed by atoms with E-state index in [2.05, 4.69) is 10.3 Å². The molecule has 2 aromatic carbocycles. The second kappa shape index (κ2) is 9.53. The number of carbonyl (C=O) groups excluding carboxylic acids is 1. The van der Waals surface area contributed by atoms with Crippen molar-refractivity contribution in [3.63, 3.8) is 0 Å². The van der Waals surface area contributed by atoms with E-state index in [0.29, 0.717) is 29.2 Å². The molecule has 6 nitrogen and oxygen atoms in total. The van der Waals surface area contributed by atoms with E-state index in [0.717, 1.165) is 11.3 Å². The number of nitrogens with zero attached hydrogens (tertiary/aromatic N) is 1. The number of halogens is 1. The maximum absolute atomic E-state index is 12.5. The minimum absolute atomic E-state index is 0. The van der Waals surface area contributed by atoms with Gasteiger partial charge in [-0.1, -0.05) is 18.2 Å². The van der Waals surface area contributed by atoms with Crippen LogP contribution in [0.15, 0.2) is 66.9 Å². The SMILES string of the molecule is Cc1ccc(C(=N)N)cc1NC(=O)c1ccc(OCc2ccccn2)cc1.Cl. The third-order valence-corrected chi connectivity index (χ3v) is 4.03. The van der Waals surface area contributed by atoms with Crippen LogP contribution in [-0.2, 0) is 6.61 Å². The van der Waals surface area contributed by atoms with E-state index in [-0.39, 0.29) is 24.1 Å². The Morgan fingerprint density at radius 2 is 1.82 bits per heavy atom. The van der Waals surface area contributed by atoms with Crippen LogP contribution >= 0.6 is 12.4 Å². The number of carbonyl (C=O) groups is 1. The zero-order valence-electron chi connectivity index (χ0n) is 15.3. The lowest BCUT2D eigenvalue weighted by atomic mass is 10.1. The van der Waals surface area contributed by atoms with Crippen molar-refractivity contribution in [3.8, 4) is 5.75 Å². The first-order chi connectivity index (χ1) is 13.0. The predicted octanol–water partition coefficient (Wildman–Crippen LogP) is 3.93. The van der Waals surface area contributed by atoms with Crippen LogP contribution < -0.4 is 15.8 Å². The molecule has 1 aromatic heterocycles. The fourth-order valence-electron chi connectivity index (χ4n) is 2.46. The van der Waals surface area contributed by atoms with Crippen LogP contribution in [0.4, 0.5) is 5.69 Å². The van der Waals surface area contributed by atoms with Crippen molar-refractivity contribution < 1.29 is 9.53 Å². The highest BCUT2D eigenvalue weighted by Crippen LogP contribution is 2.19. The number of hydrogen-bond donors (Lipinski definition) is 3. The van der Waals surface area contributed by atoms with Crippen LogP contribution in [0.1, 0.15) is 27.2 Å². The van der Waals surface area contributed by atoms with E-state index in [9.17, 15) is 4.79 Å². The van der Waals surface area contributed by atoms with Crippen molar-refractivity contribution >= 4 is 29.8 Å². The molecule has 0 radical (unpaired) electrons. The number of amidine groups is 1. The Hall–Kier alpha value is -3.38. The summed E-state index contributed by atoms with van der Waals surface area (Å²) in [7, 11) is 0. The molecule has 0 aliphatic heterocycles. The van der Waals surface area contributed by atoms with Gasteiger partial charge in [0.05, 0.1) is 5.69 Å². The Balaban J connectivity index is 0.00000280. The smallest absolute Gasteiger partial charge is 0.255 e. The van der Waals surface area contributed by atoms with E-state index in [1.54, 1.807) is 42.6 Å². The first-order valence-corrected chi connectivity index (χ1v) is 8.42. The molecule has 0 atom stereocenters. The molecule has 1 amide bonds. The third-order valence-electron chi connectivity index (χ3n) is 4.03. The van der Waals surface area contributed by atoms with Gasteiger partial charge in [0, 0.05) is 23.0 Å². The van der Waals surface area contributed by atoms with Gasteiger partial charge in [0.1, 0.15) is 18.2 Å². The molecule has 0 saturated carbocycles. The van der Waals surface area contributed by atoms with E-state index in [1.165, 1.54) is 0 Å². The van der Waals surface area contributed by atoms with Gasteiger partial charge in [-0.3, -0.25) is 15.2 Å². The largest absolute Gasteiger partial charge is 0.487 e. The van der Waals surface area contributed by atoms with Crippen LogP contribution in [0.2, 0.25) is 0 Å². The number of aryl methyl sites for hydroxylation is 1. The molecule has 1 heterocycles. The average Bonchev–Trinajstić information content (AvgIpc) is 2.69. The number of rotatable bonds is 6. The second-order valence-electron chi connectivity index (χ2n) is 6.03. The van der Waals surface area contributed by atoms with Crippen LogP contribution in [-0.4, -0.2) is 16.7 Å². The number of ether oxygens (including phenoxy) is 1. The second-order valence-corrected chi connectivity index (χ2v) is 6.03. The summed E-state index contributed by atoms with van der Waals surface area (Å²) < 4.78 is 5.67. The fraction of sp³-hybridized carbons (Fsp3) is 0.0952. The third kappa shape index (κ3) is 5.31. The number of nitrogen functional groups attached to an aromatic ring is 1. The topological polar surface area (TPSA) is 101 Å². The van der Waals surface area contributed by atoms with Gasteiger partial charge >= 0.3 is 0 Å². The molecule has 4 N–H and O–H groups in total. The molecule has 3 rings (SSSR count). The monoisotopic (exact) mass is 396 g/mol. The van der Waals surface area contributed by atoms with Crippen molar-refractivity contribution in [3.05, 3.63) is 89.2 Å². The lowest BCUT2D eigenvalue weighted by Crippen LogP contribution is -2.15. The van der Waals surface area contributed by atoms with Crippen molar-refractivity contribution in [2.45, 2.75) is 13.5 Å². The van der Waals surface area contributed by atoms with Crippen molar-refractivity contribution in [1.82, 2.24) is 4.98 Å². The number of nitrogens with two attached hydrogens (primary N) is 1. The van der Waals surface area contributed by atoms with E-state index < -0.39 is 0 Å². The molecular weight excluding hydrogens is 376 g/mol. The molecule has 0 unspecified atom stereocenters. The van der Waals surface area contributed by atoms with Gasteiger partial charge in [0.25, 0.3) is 5.91 Å². The normalized spacial score (nSPS) is 9.89. The lowest BCUT2D eigenvalue weighted by Gasteiger charge is -2.11. The van der Waals surface area contributed by atoms with Crippen molar-refractivity contribution in [2.24, 2.45) is 5.73 Å². The summed E-state index contributed by atoms with van der Waals surface area (Å²) in [5.41, 5.74) is 8.94. The van der Waals surface area contributed by atoms with Crippen LogP contribution in [0, 0.1) is 12.3 Å². The summed E-state index contributed by atoms with van der Waals surface area (Å²) >= 11 is 0. The Bertz CT molecular complexity index is 960. The Morgan fingerprint density at radius 1 is 1.11 bits per heavy atom. The number of amides is 1. The zero-order chi connectivity index (χ0) is 19.2. The minimum Gasteiger partial charge on any atom is -0.487 e. The summed E-state index contributed by atoms with van der Waals surface area (Å²) in [4.78, 5) is 16.7. The molecule has 0 saturated heterocycles. The van der Waals surface area contributed by atoms with Crippen molar-refractivity contribution in [2.75, 3.05) is 5.32 Å². The molecule has 0 aliphatic rings. The van der Waals surface area contributed by atoms with Crippen LogP contribution in [0.25, 0.3) is 0 Å². The number of nitrogens with one attached hydrogen (secondary N) is 2. The quantitative estimate of drug-likeness (QED) is 0.434. The Morgan fingerprint density at radius 3 is 2.46 bits per heavy atom. The number of pyridine rings is 1. The van der Waals surface area contributed by atoms with Gasteiger partial charge in [0.15, 0.2) is 0 Å². The maximum atomic E-state index is 12.5. The summed E-state index contributed by atoms with van der Waals surface area (Å²) in [6.07, 6.45) is 1.72. The predicted molar refractivity (Wildman–Crippen MR) is 112 cm³/mol. The maximum Gasteiger partial charge on any atom is 0.255 e. The summed E-state index contributed by atoms with van der Waals surface area (Å²) in [5.74, 6) is 0.377. The zero-order valence-corrected chi connectivity index (χ0v) is 16.1. The molecule has 0 fully saturated rings. The van der Waals surface area contributed by atoms with Gasteiger partial charge in [-0.25, -0.2) is 0 Å². The number of anilines is 1. The Labute approximate surface area is 169 Å².